The Labute approximate surface area is 184 Å². The van der Waals surface area contributed by atoms with Gasteiger partial charge in [0.25, 0.3) is 0 Å². The van der Waals surface area contributed by atoms with Gasteiger partial charge in [0, 0.05) is 43.3 Å². The van der Waals surface area contributed by atoms with Crippen molar-refractivity contribution in [2.24, 2.45) is 5.16 Å². The van der Waals surface area contributed by atoms with Crippen molar-refractivity contribution in [1.82, 2.24) is 4.98 Å². The zero-order valence-electron chi connectivity index (χ0n) is 18.2. The van der Waals surface area contributed by atoms with E-state index in [0.29, 0.717) is 6.42 Å². The highest BCUT2D eigenvalue weighted by Crippen LogP contribution is 2.43. The molecule has 1 unspecified atom stereocenters. The fourth-order valence-corrected chi connectivity index (χ4v) is 4.64. The molecular weight excluding hydrogens is 386 g/mol. The van der Waals surface area contributed by atoms with Crippen LogP contribution in [0.15, 0.2) is 72.0 Å². The van der Waals surface area contributed by atoms with Crippen molar-refractivity contribution in [3.05, 3.63) is 94.8 Å². The van der Waals surface area contributed by atoms with E-state index in [4.69, 9.17) is 4.74 Å². The molecule has 1 N–H and O–H groups in total. The van der Waals surface area contributed by atoms with Gasteiger partial charge in [0.05, 0.1) is 18.6 Å². The molecule has 1 atom stereocenters. The first-order valence-corrected chi connectivity index (χ1v) is 10.7. The molecule has 1 aliphatic rings. The van der Waals surface area contributed by atoms with Gasteiger partial charge in [0.15, 0.2) is 0 Å². The normalized spacial score (nSPS) is 16.4. The molecule has 1 saturated heterocycles. The minimum Gasteiger partial charge on any atom is -0.411 e. The van der Waals surface area contributed by atoms with Crippen molar-refractivity contribution in [3.63, 3.8) is 0 Å². The molecule has 0 amide bonds. The average molecular weight is 416 g/mol. The summed E-state index contributed by atoms with van der Waals surface area (Å²) >= 11 is 0. The lowest BCUT2D eigenvalue weighted by molar-refractivity contribution is 0.122. The Morgan fingerprint density at radius 3 is 2.45 bits per heavy atom. The molecule has 0 aliphatic carbocycles. The number of hydrogen-bond acceptors (Lipinski definition) is 5. The molecule has 0 radical (unpaired) electrons. The molecule has 1 fully saturated rings. The highest BCUT2D eigenvalue weighted by molar-refractivity contribution is 5.67. The van der Waals surface area contributed by atoms with Crippen molar-refractivity contribution in [3.8, 4) is 0 Å². The van der Waals surface area contributed by atoms with E-state index in [0.717, 1.165) is 43.1 Å². The Morgan fingerprint density at radius 1 is 1.03 bits per heavy atom. The molecule has 0 spiro atoms. The molecule has 5 nitrogen and oxygen atoms in total. The number of morpholine rings is 1. The summed E-state index contributed by atoms with van der Waals surface area (Å²) in [6.07, 6.45) is 3.99. The first-order chi connectivity index (χ1) is 15.1. The Morgan fingerprint density at radius 2 is 1.77 bits per heavy atom. The lowest BCUT2D eigenvalue weighted by Crippen LogP contribution is -2.36. The minimum atomic E-state index is -0.491. The van der Waals surface area contributed by atoms with Gasteiger partial charge in [-0.2, -0.15) is 0 Å². The van der Waals surface area contributed by atoms with Gasteiger partial charge < -0.3 is 14.8 Å². The van der Waals surface area contributed by atoms with Gasteiger partial charge in [-0.1, -0.05) is 36.4 Å². The van der Waals surface area contributed by atoms with E-state index < -0.39 is 5.41 Å². The smallest absolute Gasteiger partial charge is 0.0642 e. The number of oxime groups is 1. The fraction of sp³-hybridized carbons (Fsp3) is 0.308. The number of benzene rings is 2. The summed E-state index contributed by atoms with van der Waals surface area (Å²) < 4.78 is 5.50. The molecule has 4 rings (SSSR count). The van der Waals surface area contributed by atoms with Crippen molar-refractivity contribution < 1.29 is 9.94 Å². The molecule has 2 aromatic carbocycles. The quantitative estimate of drug-likeness (QED) is 0.360. The summed E-state index contributed by atoms with van der Waals surface area (Å²) in [5, 5.41) is 12.7. The van der Waals surface area contributed by atoms with Gasteiger partial charge in [-0.15, -0.1) is 5.16 Å². The Hall–Kier alpha value is -3.18. The van der Waals surface area contributed by atoms with E-state index in [9.17, 15) is 5.21 Å². The maximum Gasteiger partial charge on any atom is 0.0642 e. The molecule has 160 valence electrons. The summed E-state index contributed by atoms with van der Waals surface area (Å²) in [6.45, 7) is 7.48. The predicted molar refractivity (Wildman–Crippen MR) is 124 cm³/mol. The van der Waals surface area contributed by atoms with Gasteiger partial charge >= 0.3 is 0 Å². The predicted octanol–water partition coefficient (Wildman–Crippen LogP) is 4.72. The zero-order valence-corrected chi connectivity index (χ0v) is 18.2. The van der Waals surface area contributed by atoms with Crippen molar-refractivity contribution in [1.29, 1.82) is 0 Å². The summed E-state index contributed by atoms with van der Waals surface area (Å²) in [7, 11) is 0. The van der Waals surface area contributed by atoms with E-state index in [1.165, 1.54) is 16.8 Å². The van der Waals surface area contributed by atoms with Crippen LogP contribution in [0.3, 0.4) is 0 Å². The maximum absolute atomic E-state index is 9.35. The first-order valence-electron chi connectivity index (χ1n) is 10.7. The molecular formula is C26H29N3O2. The van der Waals surface area contributed by atoms with Crippen LogP contribution < -0.4 is 4.90 Å². The Bertz CT molecular complexity index is 1040. The van der Waals surface area contributed by atoms with Crippen LogP contribution in [0, 0.1) is 13.8 Å². The Kier molecular flexibility index (Phi) is 6.33. The molecule has 3 aromatic rings. The van der Waals surface area contributed by atoms with Crippen LogP contribution in [0.1, 0.15) is 34.4 Å². The van der Waals surface area contributed by atoms with E-state index in [-0.39, 0.29) is 0 Å². The monoisotopic (exact) mass is 415 g/mol. The van der Waals surface area contributed by atoms with Gasteiger partial charge in [-0.05, 0) is 60.4 Å². The van der Waals surface area contributed by atoms with Gasteiger partial charge in [0.2, 0.25) is 0 Å². The molecule has 2 heterocycles. The second kappa shape index (κ2) is 9.31. The van der Waals surface area contributed by atoms with Crippen LogP contribution in [0.25, 0.3) is 0 Å². The molecule has 1 aromatic heterocycles. The number of anilines is 1. The lowest BCUT2D eigenvalue weighted by Gasteiger charge is -2.37. The minimum absolute atomic E-state index is 0.491. The Balaban J connectivity index is 1.89. The number of ether oxygens (including phenoxy) is 1. The number of aryl methyl sites for hydroxylation is 2. The number of aromatic nitrogens is 1. The summed E-state index contributed by atoms with van der Waals surface area (Å²) in [4.78, 5) is 6.77. The van der Waals surface area contributed by atoms with Crippen LogP contribution in [0.5, 0.6) is 0 Å². The second-order valence-corrected chi connectivity index (χ2v) is 8.05. The largest absolute Gasteiger partial charge is 0.411 e. The van der Waals surface area contributed by atoms with Crippen LogP contribution in [0.4, 0.5) is 5.69 Å². The van der Waals surface area contributed by atoms with Crippen LogP contribution in [-0.4, -0.2) is 42.7 Å². The average Bonchev–Trinajstić information content (AvgIpc) is 2.81. The maximum atomic E-state index is 9.35. The number of hydrogen-bond donors (Lipinski definition) is 1. The number of rotatable bonds is 6. The van der Waals surface area contributed by atoms with E-state index in [1.54, 1.807) is 6.21 Å². The van der Waals surface area contributed by atoms with E-state index in [2.05, 4.69) is 82.6 Å². The molecule has 31 heavy (non-hydrogen) atoms. The highest BCUT2D eigenvalue weighted by Gasteiger charge is 2.37. The zero-order chi connectivity index (χ0) is 21.7. The highest BCUT2D eigenvalue weighted by atomic mass is 16.5. The van der Waals surface area contributed by atoms with Gasteiger partial charge in [-0.25, -0.2) is 0 Å². The standard InChI is InChI=1S/C26H29N3O2/c1-20-5-3-4-6-25(20)26(12-14-28-30,23-11-13-27-21(2)19-23)22-7-9-24(10-8-22)29-15-17-31-18-16-29/h3-11,13-14,19,30H,12,15-18H2,1-2H3. The molecule has 1 aliphatic heterocycles. The van der Waals surface area contributed by atoms with E-state index >= 15 is 0 Å². The topological polar surface area (TPSA) is 58.0 Å². The first kappa shape index (κ1) is 21.1. The summed E-state index contributed by atoms with van der Waals surface area (Å²) in [5.74, 6) is 0. The number of pyridine rings is 1. The van der Waals surface area contributed by atoms with Crippen LogP contribution >= 0.6 is 0 Å². The fourth-order valence-electron chi connectivity index (χ4n) is 4.64. The van der Waals surface area contributed by atoms with Crippen molar-refractivity contribution in [2.75, 3.05) is 31.2 Å². The molecule has 0 bridgehead atoms. The molecule has 0 saturated carbocycles. The van der Waals surface area contributed by atoms with Gasteiger partial charge in [-0.3, -0.25) is 4.98 Å². The lowest BCUT2D eigenvalue weighted by atomic mass is 9.66. The van der Waals surface area contributed by atoms with Gasteiger partial charge in [0.1, 0.15) is 0 Å². The number of nitrogens with zero attached hydrogens (tertiary/aromatic N) is 3. The van der Waals surface area contributed by atoms with Crippen LogP contribution in [0.2, 0.25) is 0 Å². The summed E-state index contributed by atoms with van der Waals surface area (Å²) in [6, 6.07) is 21.4. The van der Waals surface area contributed by atoms with Crippen LogP contribution in [-0.2, 0) is 10.2 Å². The third-order valence-electron chi connectivity index (χ3n) is 6.21. The third-order valence-corrected chi connectivity index (χ3v) is 6.21. The second-order valence-electron chi connectivity index (χ2n) is 8.05. The third kappa shape index (κ3) is 4.19. The molecule has 5 heteroatoms. The van der Waals surface area contributed by atoms with Crippen molar-refractivity contribution in [2.45, 2.75) is 25.7 Å². The van der Waals surface area contributed by atoms with Crippen molar-refractivity contribution >= 4 is 11.9 Å². The van der Waals surface area contributed by atoms with E-state index in [1.807, 2.05) is 13.1 Å². The summed E-state index contributed by atoms with van der Waals surface area (Å²) in [5.41, 5.74) is 6.35. The SMILES string of the molecule is Cc1cc(C(CC=NO)(c2ccc(N3CCOCC3)cc2)c2ccccc2C)ccn1.